The summed E-state index contributed by atoms with van der Waals surface area (Å²) in [5.74, 6) is 1.09. The summed E-state index contributed by atoms with van der Waals surface area (Å²) in [6, 6.07) is 11.6. The van der Waals surface area contributed by atoms with E-state index in [1.807, 2.05) is 43.3 Å². The van der Waals surface area contributed by atoms with Crippen LogP contribution in [0.15, 0.2) is 45.3 Å². The second-order valence-corrected chi connectivity index (χ2v) is 5.93. The van der Waals surface area contributed by atoms with E-state index in [1.165, 1.54) is 0 Å². The lowest BCUT2D eigenvalue weighted by Gasteiger charge is -2.10. The minimum atomic E-state index is 0.217. The Morgan fingerprint density at radius 3 is 2.25 bits per heavy atom. The molecule has 0 fully saturated rings. The summed E-state index contributed by atoms with van der Waals surface area (Å²) >= 11 is 6.65. The van der Waals surface area contributed by atoms with E-state index >= 15 is 0 Å². The molecule has 0 aliphatic carbocycles. The highest BCUT2D eigenvalue weighted by atomic mass is 79.9. The zero-order chi connectivity index (χ0) is 14.5. The van der Waals surface area contributed by atoms with E-state index in [0.29, 0.717) is 22.1 Å². The zero-order valence-corrected chi connectivity index (χ0v) is 14.2. The lowest BCUT2D eigenvalue weighted by Crippen LogP contribution is -1.99. The largest absolute Gasteiger partial charge is 0.506 e. The van der Waals surface area contributed by atoms with Gasteiger partial charge in [0.05, 0.1) is 15.6 Å². The standard InChI is InChI=1S/C15H15Br2NO2/c1-2-20-12-5-3-11(4-6-12)18-9-10-7-13(16)15(19)14(17)8-10/h3-8,18-19H,2,9H2,1H3. The van der Waals surface area contributed by atoms with Crippen LogP contribution in [-0.2, 0) is 6.54 Å². The van der Waals surface area contributed by atoms with Crippen molar-refractivity contribution in [3.05, 3.63) is 50.9 Å². The summed E-state index contributed by atoms with van der Waals surface area (Å²) in [5, 5.41) is 13.0. The Morgan fingerprint density at radius 1 is 1.10 bits per heavy atom. The van der Waals surface area contributed by atoms with Gasteiger partial charge in [0.2, 0.25) is 0 Å². The molecule has 0 aliphatic heterocycles. The fraction of sp³-hybridized carbons (Fsp3) is 0.200. The van der Waals surface area contributed by atoms with Crippen molar-refractivity contribution in [2.75, 3.05) is 11.9 Å². The first kappa shape index (κ1) is 15.2. The predicted molar refractivity (Wildman–Crippen MR) is 88.4 cm³/mol. The average molecular weight is 401 g/mol. The summed E-state index contributed by atoms with van der Waals surface area (Å²) in [6.07, 6.45) is 0. The van der Waals surface area contributed by atoms with E-state index in [2.05, 4.69) is 37.2 Å². The maximum absolute atomic E-state index is 9.67. The SMILES string of the molecule is CCOc1ccc(NCc2cc(Br)c(O)c(Br)c2)cc1. The van der Waals surface area contributed by atoms with Crippen LogP contribution in [0, 0.1) is 0 Å². The molecule has 0 aliphatic rings. The average Bonchev–Trinajstić information content (AvgIpc) is 2.44. The molecular weight excluding hydrogens is 386 g/mol. The van der Waals surface area contributed by atoms with Gasteiger partial charge in [0.1, 0.15) is 11.5 Å². The van der Waals surface area contributed by atoms with E-state index < -0.39 is 0 Å². The Hall–Kier alpha value is -1.20. The van der Waals surface area contributed by atoms with E-state index in [4.69, 9.17) is 4.74 Å². The summed E-state index contributed by atoms with van der Waals surface area (Å²) in [5.41, 5.74) is 2.09. The molecule has 0 radical (unpaired) electrons. The minimum absolute atomic E-state index is 0.217. The summed E-state index contributed by atoms with van der Waals surface area (Å²) < 4.78 is 6.75. The van der Waals surface area contributed by atoms with Crippen molar-refractivity contribution in [2.45, 2.75) is 13.5 Å². The number of anilines is 1. The van der Waals surface area contributed by atoms with Gasteiger partial charge in [-0.2, -0.15) is 0 Å². The molecule has 0 amide bonds. The Kier molecular flexibility index (Phi) is 5.31. The number of benzene rings is 2. The Balaban J connectivity index is 2.01. The molecule has 0 saturated heterocycles. The molecule has 0 saturated carbocycles. The smallest absolute Gasteiger partial charge is 0.143 e. The van der Waals surface area contributed by atoms with Crippen LogP contribution < -0.4 is 10.1 Å². The van der Waals surface area contributed by atoms with Crippen molar-refractivity contribution in [3.8, 4) is 11.5 Å². The van der Waals surface area contributed by atoms with Gasteiger partial charge in [0, 0.05) is 12.2 Å². The minimum Gasteiger partial charge on any atom is -0.506 e. The highest BCUT2D eigenvalue weighted by molar-refractivity contribution is 9.11. The van der Waals surface area contributed by atoms with Crippen molar-refractivity contribution >= 4 is 37.5 Å². The van der Waals surface area contributed by atoms with E-state index in [0.717, 1.165) is 17.0 Å². The fourth-order valence-electron chi connectivity index (χ4n) is 1.76. The lowest BCUT2D eigenvalue weighted by molar-refractivity contribution is 0.340. The molecule has 0 aromatic heterocycles. The molecule has 3 nitrogen and oxygen atoms in total. The number of hydrogen-bond donors (Lipinski definition) is 2. The molecule has 20 heavy (non-hydrogen) atoms. The van der Waals surface area contributed by atoms with Crippen LogP contribution in [0.25, 0.3) is 0 Å². The number of rotatable bonds is 5. The molecule has 106 valence electrons. The molecule has 0 bridgehead atoms. The third-order valence-electron chi connectivity index (χ3n) is 2.74. The summed E-state index contributed by atoms with van der Waals surface area (Å²) in [7, 11) is 0. The van der Waals surface area contributed by atoms with Gasteiger partial charge < -0.3 is 15.2 Å². The van der Waals surface area contributed by atoms with Crippen molar-refractivity contribution in [1.82, 2.24) is 0 Å². The molecule has 0 unspecified atom stereocenters. The highest BCUT2D eigenvalue weighted by Gasteiger charge is 2.05. The predicted octanol–water partition coefficient (Wildman–Crippen LogP) is 4.93. The number of phenolic OH excluding ortho intramolecular Hbond substituents is 1. The van der Waals surface area contributed by atoms with Gasteiger partial charge in [-0.15, -0.1) is 0 Å². The molecule has 2 N–H and O–H groups in total. The van der Waals surface area contributed by atoms with Crippen LogP contribution in [0.1, 0.15) is 12.5 Å². The van der Waals surface area contributed by atoms with Gasteiger partial charge >= 0.3 is 0 Å². The second kappa shape index (κ2) is 6.99. The van der Waals surface area contributed by atoms with Crippen LogP contribution >= 0.6 is 31.9 Å². The normalized spacial score (nSPS) is 10.3. The maximum Gasteiger partial charge on any atom is 0.143 e. The Labute approximate surface area is 135 Å². The number of aromatic hydroxyl groups is 1. The number of nitrogens with one attached hydrogen (secondary N) is 1. The quantitative estimate of drug-likeness (QED) is 0.747. The summed E-state index contributed by atoms with van der Waals surface area (Å²) in [4.78, 5) is 0. The molecule has 0 spiro atoms. The van der Waals surface area contributed by atoms with Crippen molar-refractivity contribution in [1.29, 1.82) is 0 Å². The molecule has 0 atom stereocenters. The monoisotopic (exact) mass is 399 g/mol. The van der Waals surface area contributed by atoms with E-state index in [-0.39, 0.29) is 5.75 Å². The fourth-order valence-corrected chi connectivity index (χ4v) is 3.04. The first-order valence-electron chi connectivity index (χ1n) is 6.23. The molecule has 5 heteroatoms. The topological polar surface area (TPSA) is 41.5 Å². The molecule has 2 rings (SSSR count). The van der Waals surface area contributed by atoms with Gasteiger partial charge in [0.25, 0.3) is 0 Å². The highest BCUT2D eigenvalue weighted by Crippen LogP contribution is 2.33. The van der Waals surface area contributed by atoms with Crippen LogP contribution in [-0.4, -0.2) is 11.7 Å². The van der Waals surface area contributed by atoms with E-state index in [1.54, 1.807) is 0 Å². The molecule has 2 aromatic rings. The molecular formula is C15H15Br2NO2. The Bertz CT molecular complexity index is 562. The third-order valence-corrected chi connectivity index (χ3v) is 3.95. The number of halogens is 2. The first-order chi connectivity index (χ1) is 9.60. The second-order valence-electron chi connectivity index (χ2n) is 4.22. The van der Waals surface area contributed by atoms with Crippen LogP contribution in [0.3, 0.4) is 0 Å². The van der Waals surface area contributed by atoms with Crippen LogP contribution in [0.4, 0.5) is 5.69 Å². The number of phenols is 1. The first-order valence-corrected chi connectivity index (χ1v) is 7.82. The molecule has 2 aromatic carbocycles. The lowest BCUT2D eigenvalue weighted by atomic mass is 10.2. The number of hydrogen-bond acceptors (Lipinski definition) is 3. The van der Waals surface area contributed by atoms with E-state index in [9.17, 15) is 5.11 Å². The summed E-state index contributed by atoms with van der Waals surface area (Å²) in [6.45, 7) is 3.31. The van der Waals surface area contributed by atoms with Gasteiger partial charge in [-0.1, -0.05) is 0 Å². The maximum atomic E-state index is 9.67. The third kappa shape index (κ3) is 3.90. The van der Waals surface area contributed by atoms with Gasteiger partial charge in [-0.25, -0.2) is 0 Å². The van der Waals surface area contributed by atoms with Crippen molar-refractivity contribution in [3.63, 3.8) is 0 Å². The van der Waals surface area contributed by atoms with Gasteiger partial charge in [0.15, 0.2) is 0 Å². The Morgan fingerprint density at radius 2 is 1.70 bits per heavy atom. The molecule has 0 heterocycles. The van der Waals surface area contributed by atoms with Crippen molar-refractivity contribution < 1.29 is 9.84 Å². The van der Waals surface area contributed by atoms with Crippen molar-refractivity contribution in [2.24, 2.45) is 0 Å². The van der Waals surface area contributed by atoms with Crippen LogP contribution in [0.2, 0.25) is 0 Å². The zero-order valence-electron chi connectivity index (χ0n) is 11.0. The van der Waals surface area contributed by atoms with Crippen LogP contribution in [0.5, 0.6) is 11.5 Å². The number of ether oxygens (including phenoxy) is 1. The van der Waals surface area contributed by atoms with Gasteiger partial charge in [-0.3, -0.25) is 0 Å². The van der Waals surface area contributed by atoms with Gasteiger partial charge in [-0.05, 0) is 80.7 Å².